The minimum absolute atomic E-state index is 0.157. The van der Waals surface area contributed by atoms with Crippen LogP contribution in [0.4, 0.5) is 10.7 Å². The van der Waals surface area contributed by atoms with E-state index in [0.29, 0.717) is 26.1 Å². The summed E-state index contributed by atoms with van der Waals surface area (Å²) >= 11 is 6.88. The number of aryl methyl sites for hydroxylation is 1. The van der Waals surface area contributed by atoms with Crippen molar-refractivity contribution in [2.45, 2.75) is 19.8 Å². The van der Waals surface area contributed by atoms with Crippen LogP contribution in [0, 0.1) is 6.92 Å². The molecule has 1 N–H and O–H groups in total. The maximum Gasteiger partial charge on any atom is 0.341 e. The lowest BCUT2D eigenvalue weighted by Gasteiger charge is -2.31. The van der Waals surface area contributed by atoms with Crippen molar-refractivity contribution in [2.24, 2.45) is 0 Å². The van der Waals surface area contributed by atoms with E-state index in [0.717, 1.165) is 25.1 Å². The van der Waals surface area contributed by atoms with E-state index in [2.05, 4.69) is 11.4 Å². The van der Waals surface area contributed by atoms with Crippen molar-refractivity contribution in [3.05, 3.63) is 45.8 Å². The first-order valence-electron chi connectivity index (χ1n) is 8.95. The highest BCUT2D eigenvalue weighted by Gasteiger charge is 2.28. The number of thiophene rings is 1. The Morgan fingerprint density at radius 2 is 2.00 bits per heavy atom. The molecule has 3 rings (SSSR count). The van der Waals surface area contributed by atoms with E-state index < -0.39 is 5.97 Å². The Kier molecular flexibility index (Phi) is 6.00. The Morgan fingerprint density at radius 1 is 1.29 bits per heavy atom. The van der Waals surface area contributed by atoms with Crippen LogP contribution in [0.5, 0.6) is 0 Å². The molecule has 1 aliphatic heterocycles. The van der Waals surface area contributed by atoms with Gasteiger partial charge in [-0.15, -0.1) is 11.3 Å². The second-order valence-corrected chi connectivity index (χ2v) is 8.17. The molecule has 0 saturated heterocycles. The zero-order valence-corrected chi connectivity index (χ0v) is 18.0. The number of hydrogen-bond donors (Lipinski definition) is 1. The molecule has 1 amide bonds. The molecule has 0 radical (unpaired) electrons. The number of benzene rings is 1. The topological polar surface area (TPSA) is 61.9 Å². The van der Waals surface area contributed by atoms with Gasteiger partial charge in [0.2, 0.25) is 0 Å². The second kappa shape index (κ2) is 8.28. The number of carbonyl (C=O) groups is 2. The highest BCUT2D eigenvalue weighted by Crippen LogP contribution is 2.35. The number of fused-ring (bicyclic) bond motifs is 1. The standard InChI is InChI=1S/C20H23N3O3S2/c1-12-15(19(25)26-4)17(28-16(12)18(24)22(2)3)21-20(27)23-11-7-9-13-8-5-6-10-14(13)23/h5-6,8,10H,7,9,11H2,1-4H3,(H,21,27). The average Bonchev–Trinajstić information content (AvgIpc) is 3.01. The number of para-hydroxylation sites is 1. The lowest BCUT2D eigenvalue weighted by Crippen LogP contribution is -2.38. The Hall–Kier alpha value is -2.45. The SMILES string of the molecule is COC(=O)c1c(NC(=S)N2CCCc3ccccc32)sc(C(=O)N(C)C)c1C. The number of anilines is 2. The predicted molar refractivity (Wildman–Crippen MR) is 117 cm³/mol. The van der Waals surface area contributed by atoms with E-state index in [4.69, 9.17) is 17.0 Å². The van der Waals surface area contributed by atoms with Gasteiger partial charge in [-0.3, -0.25) is 4.79 Å². The Labute approximate surface area is 174 Å². The molecule has 0 fully saturated rings. The van der Waals surface area contributed by atoms with Crippen LogP contribution >= 0.6 is 23.6 Å². The Bertz CT molecular complexity index is 937. The molecule has 0 atom stereocenters. The van der Waals surface area contributed by atoms with E-state index in [1.807, 2.05) is 23.1 Å². The third-order valence-electron chi connectivity index (χ3n) is 4.71. The van der Waals surface area contributed by atoms with Gasteiger partial charge >= 0.3 is 5.97 Å². The predicted octanol–water partition coefficient (Wildman–Crippen LogP) is 3.69. The molecule has 0 bridgehead atoms. The lowest BCUT2D eigenvalue weighted by atomic mass is 10.0. The molecule has 2 aromatic rings. The summed E-state index contributed by atoms with van der Waals surface area (Å²) in [6, 6.07) is 8.16. The van der Waals surface area contributed by atoms with Gasteiger partial charge in [0.1, 0.15) is 5.00 Å². The maximum absolute atomic E-state index is 12.5. The van der Waals surface area contributed by atoms with Crippen LogP contribution in [0.1, 0.15) is 37.6 Å². The van der Waals surface area contributed by atoms with E-state index in [1.165, 1.54) is 28.9 Å². The van der Waals surface area contributed by atoms with Crippen molar-refractivity contribution >= 4 is 51.2 Å². The minimum atomic E-state index is -0.490. The minimum Gasteiger partial charge on any atom is -0.465 e. The van der Waals surface area contributed by atoms with Gasteiger partial charge < -0.3 is 19.9 Å². The summed E-state index contributed by atoms with van der Waals surface area (Å²) in [5.41, 5.74) is 3.27. The first-order valence-corrected chi connectivity index (χ1v) is 10.2. The van der Waals surface area contributed by atoms with E-state index in [1.54, 1.807) is 21.0 Å². The molecule has 1 aromatic heterocycles. The van der Waals surface area contributed by atoms with Crippen LogP contribution in [0.3, 0.4) is 0 Å². The zero-order valence-electron chi connectivity index (χ0n) is 16.4. The second-order valence-electron chi connectivity index (χ2n) is 6.77. The summed E-state index contributed by atoms with van der Waals surface area (Å²) in [6.45, 7) is 2.55. The van der Waals surface area contributed by atoms with Crippen LogP contribution in [0.15, 0.2) is 24.3 Å². The molecule has 0 spiro atoms. The summed E-state index contributed by atoms with van der Waals surface area (Å²) in [5, 5.41) is 4.23. The lowest BCUT2D eigenvalue weighted by molar-refractivity contribution is 0.0601. The molecular formula is C20H23N3O3S2. The van der Waals surface area contributed by atoms with Crippen molar-refractivity contribution in [2.75, 3.05) is 38.0 Å². The highest BCUT2D eigenvalue weighted by atomic mass is 32.1. The largest absolute Gasteiger partial charge is 0.465 e. The van der Waals surface area contributed by atoms with Crippen molar-refractivity contribution in [1.29, 1.82) is 0 Å². The monoisotopic (exact) mass is 417 g/mol. The number of carbonyl (C=O) groups excluding carboxylic acids is 2. The van der Waals surface area contributed by atoms with Gasteiger partial charge in [-0.25, -0.2) is 4.79 Å². The molecule has 148 valence electrons. The number of nitrogens with zero attached hydrogens (tertiary/aromatic N) is 2. The zero-order chi connectivity index (χ0) is 20.4. The number of hydrogen-bond acceptors (Lipinski definition) is 5. The third kappa shape index (κ3) is 3.74. The first-order chi connectivity index (χ1) is 13.3. The van der Waals surface area contributed by atoms with Gasteiger partial charge in [0.15, 0.2) is 5.11 Å². The quantitative estimate of drug-likeness (QED) is 0.607. The van der Waals surface area contributed by atoms with E-state index >= 15 is 0 Å². The fourth-order valence-corrected chi connectivity index (χ4v) is 4.84. The molecule has 2 heterocycles. The summed E-state index contributed by atoms with van der Waals surface area (Å²) in [4.78, 5) is 28.9. The maximum atomic E-state index is 12.5. The van der Waals surface area contributed by atoms with Crippen molar-refractivity contribution in [3.63, 3.8) is 0 Å². The molecule has 28 heavy (non-hydrogen) atoms. The van der Waals surface area contributed by atoms with Crippen molar-refractivity contribution in [3.8, 4) is 0 Å². The number of methoxy groups -OCH3 is 1. The van der Waals surface area contributed by atoms with Gasteiger partial charge in [-0.1, -0.05) is 18.2 Å². The van der Waals surface area contributed by atoms with Crippen LogP contribution < -0.4 is 10.2 Å². The summed E-state index contributed by atoms with van der Waals surface area (Å²) in [6.07, 6.45) is 2.01. The number of esters is 1. The summed E-state index contributed by atoms with van der Waals surface area (Å²) in [7, 11) is 4.69. The van der Waals surface area contributed by atoms with Crippen LogP contribution in [0.25, 0.3) is 0 Å². The molecule has 0 saturated carbocycles. The Morgan fingerprint density at radius 3 is 2.68 bits per heavy atom. The van der Waals surface area contributed by atoms with Crippen molar-refractivity contribution < 1.29 is 14.3 Å². The average molecular weight is 418 g/mol. The Balaban J connectivity index is 1.96. The number of rotatable bonds is 3. The normalized spacial score (nSPS) is 12.9. The third-order valence-corrected chi connectivity index (χ3v) is 6.23. The smallest absolute Gasteiger partial charge is 0.341 e. The highest BCUT2D eigenvalue weighted by molar-refractivity contribution is 7.80. The van der Waals surface area contributed by atoms with Crippen LogP contribution in [-0.4, -0.2) is 49.6 Å². The van der Waals surface area contributed by atoms with Crippen LogP contribution in [-0.2, 0) is 11.2 Å². The number of ether oxygens (including phenoxy) is 1. The van der Waals surface area contributed by atoms with Gasteiger partial charge in [-0.05, 0) is 49.2 Å². The van der Waals surface area contributed by atoms with Gasteiger partial charge in [0.05, 0.1) is 17.6 Å². The van der Waals surface area contributed by atoms with Crippen molar-refractivity contribution in [1.82, 2.24) is 4.90 Å². The number of thiocarbonyl (C=S) groups is 1. The summed E-state index contributed by atoms with van der Waals surface area (Å²) < 4.78 is 4.94. The van der Waals surface area contributed by atoms with E-state index in [-0.39, 0.29) is 5.91 Å². The van der Waals surface area contributed by atoms with Gasteiger partial charge in [-0.2, -0.15) is 0 Å². The first kappa shape index (κ1) is 20.3. The molecule has 0 aliphatic carbocycles. The molecule has 8 heteroatoms. The molecule has 0 unspecified atom stereocenters. The number of nitrogens with one attached hydrogen (secondary N) is 1. The van der Waals surface area contributed by atoms with Crippen LogP contribution in [0.2, 0.25) is 0 Å². The summed E-state index contributed by atoms with van der Waals surface area (Å²) in [5.74, 6) is -0.647. The fraction of sp³-hybridized carbons (Fsp3) is 0.350. The molecular weight excluding hydrogens is 394 g/mol. The molecule has 1 aliphatic rings. The van der Waals surface area contributed by atoms with Gasteiger partial charge in [0, 0.05) is 26.3 Å². The molecule has 6 nitrogen and oxygen atoms in total. The molecule has 1 aromatic carbocycles. The number of amides is 1. The fourth-order valence-electron chi connectivity index (χ4n) is 3.27. The van der Waals surface area contributed by atoms with E-state index in [9.17, 15) is 9.59 Å². The van der Waals surface area contributed by atoms with Gasteiger partial charge in [0.25, 0.3) is 5.91 Å².